The van der Waals surface area contributed by atoms with Crippen LogP contribution >= 0.6 is 0 Å². The van der Waals surface area contributed by atoms with Crippen molar-refractivity contribution in [1.29, 1.82) is 0 Å². The maximum Gasteiger partial charge on any atom is 0.278 e. The lowest BCUT2D eigenvalue weighted by Gasteiger charge is -2.04. The van der Waals surface area contributed by atoms with E-state index in [1.807, 2.05) is 0 Å². The fourth-order valence-electron chi connectivity index (χ4n) is 2.23. The van der Waals surface area contributed by atoms with Gasteiger partial charge in [0.25, 0.3) is 11.4 Å². The second-order valence-corrected chi connectivity index (χ2v) is 5.11. The Hall–Kier alpha value is -3.68. The zero-order chi connectivity index (χ0) is 17.2. The smallest absolute Gasteiger partial charge is 0.278 e. The van der Waals surface area contributed by atoms with Gasteiger partial charge in [0.05, 0.1) is 5.69 Å². The van der Waals surface area contributed by atoms with Gasteiger partial charge in [0.2, 0.25) is 5.82 Å². The standard InChI is InChI=1S/C17H10FN5O2/c18-12-3-5-13(6-4-12)23-15(24)8-7-14(21-23)17-20-16(22-25-17)11-2-1-9-19-10-11/h1-10H. The first kappa shape index (κ1) is 14.9. The van der Waals surface area contributed by atoms with Crippen LogP contribution in [-0.4, -0.2) is 24.9 Å². The van der Waals surface area contributed by atoms with E-state index in [9.17, 15) is 9.18 Å². The van der Waals surface area contributed by atoms with Gasteiger partial charge in [-0.2, -0.15) is 14.8 Å². The Morgan fingerprint density at radius 2 is 1.88 bits per heavy atom. The van der Waals surface area contributed by atoms with Gasteiger partial charge in [0.1, 0.15) is 11.5 Å². The van der Waals surface area contributed by atoms with Crippen LogP contribution in [0, 0.1) is 5.82 Å². The number of benzene rings is 1. The molecule has 8 heteroatoms. The quantitative estimate of drug-likeness (QED) is 0.572. The molecule has 122 valence electrons. The van der Waals surface area contributed by atoms with Crippen molar-refractivity contribution in [2.45, 2.75) is 0 Å². The van der Waals surface area contributed by atoms with Gasteiger partial charge in [-0.3, -0.25) is 9.78 Å². The number of hydrogen-bond donors (Lipinski definition) is 0. The second kappa shape index (κ2) is 6.08. The highest BCUT2D eigenvalue weighted by Crippen LogP contribution is 2.19. The summed E-state index contributed by atoms with van der Waals surface area (Å²) in [5, 5.41) is 8.12. The molecule has 4 aromatic rings. The summed E-state index contributed by atoms with van der Waals surface area (Å²) in [7, 11) is 0. The summed E-state index contributed by atoms with van der Waals surface area (Å²) in [6, 6.07) is 11.8. The Morgan fingerprint density at radius 3 is 2.64 bits per heavy atom. The summed E-state index contributed by atoms with van der Waals surface area (Å²) in [6.45, 7) is 0. The van der Waals surface area contributed by atoms with E-state index in [2.05, 4.69) is 20.2 Å². The predicted molar refractivity (Wildman–Crippen MR) is 86.3 cm³/mol. The Bertz CT molecular complexity index is 1070. The Morgan fingerprint density at radius 1 is 1.04 bits per heavy atom. The normalized spacial score (nSPS) is 10.8. The molecule has 3 heterocycles. The third-order valence-corrected chi connectivity index (χ3v) is 3.44. The van der Waals surface area contributed by atoms with Gasteiger partial charge in [-0.15, -0.1) is 0 Å². The number of hydrogen-bond acceptors (Lipinski definition) is 6. The minimum absolute atomic E-state index is 0.162. The third-order valence-electron chi connectivity index (χ3n) is 3.44. The van der Waals surface area contributed by atoms with Crippen molar-refractivity contribution >= 4 is 0 Å². The van der Waals surface area contributed by atoms with E-state index in [1.165, 1.54) is 36.4 Å². The van der Waals surface area contributed by atoms with Crippen molar-refractivity contribution in [2.24, 2.45) is 0 Å². The molecule has 0 aliphatic carbocycles. The van der Waals surface area contributed by atoms with Gasteiger partial charge in [0, 0.05) is 24.0 Å². The number of aromatic nitrogens is 5. The van der Waals surface area contributed by atoms with Crippen molar-refractivity contribution in [2.75, 3.05) is 0 Å². The first-order valence-electron chi connectivity index (χ1n) is 7.31. The van der Waals surface area contributed by atoms with Crippen LogP contribution in [0.5, 0.6) is 0 Å². The molecule has 0 radical (unpaired) electrons. The molecule has 7 nitrogen and oxygen atoms in total. The Labute approximate surface area is 140 Å². The van der Waals surface area contributed by atoms with Crippen LogP contribution in [0.2, 0.25) is 0 Å². The van der Waals surface area contributed by atoms with Crippen LogP contribution in [-0.2, 0) is 0 Å². The zero-order valence-electron chi connectivity index (χ0n) is 12.7. The molecule has 0 N–H and O–H groups in total. The summed E-state index contributed by atoms with van der Waals surface area (Å²) in [4.78, 5) is 20.3. The highest BCUT2D eigenvalue weighted by Gasteiger charge is 2.13. The topological polar surface area (TPSA) is 86.7 Å². The molecular formula is C17H10FN5O2. The van der Waals surface area contributed by atoms with E-state index in [4.69, 9.17) is 4.52 Å². The fourth-order valence-corrected chi connectivity index (χ4v) is 2.23. The summed E-state index contributed by atoms with van der Waals surface area (Å²) >= 11 is 0. The van der Waals surface area contributed by atoms with E-state index in [0.29, 0.717) is 22.8 Å². The molecule has 0 aliphatic heterocycles. The first-order chi connectivity index (χ1) is 12.2. The maximum atomic E-state index is 13.1. The monoisotopic (exact) mass is 335 g/mol. The largest absolute Gasteiger partial charge is 0.332 e. The van der Waals surface area contributed by atoms with Gasteiger partial charge >= 0.3 is 0 Å². The van der Waals surface area contributed by atoms with E-state index in [0.717, 1.165) is 4.68 Å². The van der Waals surface area contributed by atoms with Gasteiger partial charge in [-0.1, -0.05) is 5.16 Å². The molecular weight excluding hydrogens is 325 g/mol. The van der Waals surface area contributed by atoms with Crippen molar-refractivity contribution in [3.63, 3.8) is 0 Å². The molecule has 0 unspecified atom stereocenters. The van der Waals surface area contributed by atoms with Crippen molar-refractivity contribution in [3.05, 3.63) is 77.1 Å². The minimum atomic E-state index is -0.397. The van der Waals surface area contributed by atoms with E-state index < -0.39 is 5.82 Å². The van der Waals surface area contributed by atoms with E-state index in [-0.39, 0.29) is 11.4 Å². The van der Waals surface area contributed by atoms with Crippen molar-refractivity contribution < 1.29 is 8.91 Å². The molecule has 0 fully saturated rings. The Kier molecular flexibility index (Phi) is 3.62. The number of pyridine rings is 1. The van der Waals surface area contributed by atoms with Crippen molar-refractivity contribution in [1.82, 2.24) is 24.9 Å². The average molecular weight is 335 g/mol. The van der Waals surface area contributed by atoms with Crippen LogP contribution < -0.4 is 5.56 Å². The lowest BCUT2D eigenvalue weighted by molar-refractivity contribution is 0.430. The fraction of sp³-hybridized carbons (Fsp3) is 0. The van der Waals surface area contributed by atoms with E-state index >= 15 is 0 Å². The minimum Gasteiger partial charge on any atom is -0.332 e. The Balaban J connectivity index is 1.75. The highest BCUT2D eigenvalue weighted by molar-refractivity contribution is 5.56. The second-order valence-electron chi connectivity index (χ2n) is 5.11. The number of halogens is 1. The SMILES string of the molecule is O=c1ccc(-c2nc(-c3cccnc3)no2)nn1-c1ccc(F)cc1. The van der Waals surface area contributed by atoms with Gasteiger partial charge in [-0.25, -0.2) is 4.39 Å². The van der Waals surface area contributed by atoms with Crippen LogP contribution in [0.3, 0.4) is 0 Å². The molecule has 0 spiro atoms. The zero-order valence-corrected chi connectivity index (χ0v) is 12.7. The van der Waals surface area contributed by atoms with Gasteiger partial charge < -0.3 is 4.52 Å². The molecule has 3 aromatic heterocycles. The molecule has 0 saturated heterocycles. The summed E-state index contributed by atoms with van der Waals surface area (Å²) < 4.78 is 19.4. The molecule has 0 bridgehead atoms. The summed E-state index contributed by atoms with van der Waals surface area (Å²) in [5.41, 5.74) is 1.10. The molecule has 4 rings (SSSR count). The average Bonchev–Trinajstić information content (AvgIpc) is 3.14. The first-order valence-corrected chi connectivity index (χ1v) is 7.31. The van der Waals surface area contributed by atoms with Crippen LogP contribution in [0.15, 0.2) is 70.2 Å². The molecule has 25 heavy (non-hydrogen) atoms. The molecule has 0 saturated carbocycles. The van der Waals surface area contributed by atoms with Crippen LogP contribution in [0.1, 0.15) is 0 Å². The number of nitrogens with zero attached hydrogens (tertiary/aromatic N) is 5. The van der Waals surface area contributed by atoms with Crippen LogP contribution in [0.25, 0.3) is 28.7 Å². The molecule has 1 aromatic carbocycles. The third kappa shape index (κ3) is 2.92. The summed E-state index contributed by atoms with van der Waals surface area (Å²) in [5.74, 6) is 0.130. The van der Waals surface area contributed by atoms with Crippen molar-refractivity contribution in [3.8, 4) is 28.7 Å². The van der Waals surface area contributed by atoms with Crippen LogP contribution in [0.4, 0.5) is 4.39 Å². The molecule has 0 atom stereocenters. The number of rotatable bonds is 3. The lowest BCUT2D eigenvalue weighted by Crippen LogP contribution is -2.20. The maximum absolute atomic E-state index is 13.1. The molecule has 0 aliphatic rings. The van der Waals surface area contributed by atoms with Gasteiger partial charge in [-0.05, 0) is 42.5 Å². The van der Waals surface area contributed by atoms with Gasteiger partial charge in [0.15, 0.2) is 0 Å². The lowest BCUT2D eigenvalue weighted by atomic mass is 10.3. The predicted octanol–water partition coefficient (Wildman–Crippen LogP) is 2.48. The summed E-state index contributed by atoms with van der Waals surface area (Å²) in [6.07, 6.45) is 3.26. The van der Waals surface area contributed by atoms with E-state index in [1.54, 1.807) is 24.5 Å². The highest BCUT2D eigenvalue weighted by atomic mass is 19.1. The molecule has 0 amide bonds.